The van der Waals surface area contributed by atoms with E-state index >= 15 is 0 Å². The number of carbonyl (C=O) groups is 2. The normalized spacial score (nSPS) is 15.8. The molecule has 0 aliphatic carbocycles. The van der Waals surface area contributed by atoms with Crippen LogP contribution >= 0.6 is 0 Å². The van der Waals surface area contributed by atoms with Crippen LogP contribution in [-0.4, -0.2) is 34.1 Å². The van der Waals surface area contributed by atoms with Crippen LogP contribution in [0.1, 0.15) is 0 Å². The van der Waals surface area contributed by atoms with Gasteiger partial charge in [-0.2, -0.15) is 4.31 Å². The van der Waals surface area contributed by atoms with Crippen molar-refractivity contribution < 1.29 is 22.7 Å². The number of methoxy groups -OCH3 is 1. The third-order valence-electron chi connectivity index (χ3n) is 3.58. The maximum atomic E-state index is 12.9. The van der Waals surface area contributed by atoms with Crippen LogP contribution in [0.2, 0.25) is 0 Å². The molecule has 2 amide bonds. The molecular weight excluding hydrogens is 332 g/mol. The standard InChI is InChI=1S/C16H14N2O5S/c1-23-15(19)11-17-13-9-5-6-10-14(13)24(21,22)18(16(17)20)12-7-3-2-4-8-12/h2-10H,11H2,1H3. The van der Waals surface area contributed by atoms with Crippen LogP contribution in [0.25, 0.3) is 0 Å². The van der Waals surface area contributed by atoms with Crippen molar-refractivity contribution in [1.29, 1.82) is 0 Å². The number of nitrogens with zero attached hydrogens (tertiary/aromatic N) is 2. The number of anilines is 2. The highest BCUT2D eigenvalue weighted by Crippen LogP contribution is 2.36. The molecule has 0 fully saturated rings. The summed E-state index contributed by atoms with van der Waals surface area (Å²) in [5.41, 5.74) is 0.354. The van der Waals surface area contributed by atoms with Crippen molar-refractivity contribution in [1.82, 2.24) is 0 Å². The average Bonchev–Trinajstić information content (AvgIpc) is 2.59. The summed E-state index contributed by atoms with van der Waals surface area (Å²) >= 11 is 0. The minimum atomic E-state index is -4.07. The van der Waals surface area contributed by atoms with Gasteiger partial charge in [0.2, 0.25) is 0 Å². The third-order valence-corrected chi connectivity index (χ3v) is 5.33. The molecule has 0 N–H and O–H groups in total. The molecule has 8 heteroatoms. The van der Waals surface area contributed by atoms with Crippen LogP contribution in [0.3, 0.4) is 0 Å². The van der Waals surface area contributed by atoms with Crippen LogP contribution in [0.5, 0.6) is 0 Å². The maximum Gasteiger partial charge on any atom is 0.343 e. The largest absolute Gasteiger partial charge is 0.468 e. The summed E-state index contributed by atoms with van der Waals surface area (Å²) in [6.45, 7) is -0.384. The van der Waals surface area contributed by atoms with Crippen molar-refractivity contribution in [2.24, 2.45) is 0 Å². The first-order valence-electron chi connectivity index (χ1n) is 7.04. The number of benzene rings is 2. The number of ether oxygens (including phenoxy) is 1. The summed E-state index contributed by atoms with van der Waals surface area (Å²) in [4.78, 5) is 25.5. The van der Waals surface area contributed by atoms with Gasteiger partial charge in [0.1, 0.15) is 11.4 Å². The minimum Gasteiger partial charge on any atom is -0.468 e. The van der Waals surface area contributed by atoms with Crippen LogP contribution in [0.15, 0.2) is 59.5 Å². The first kappa shape index (κ1) is 16.0. The van der Waals surface area contributed by atoms with Crippen molar-refractivity contribution in [3.63, 3.8) is 0 Å². The van der Waals surface area contributed by atoms with Gasteiger partial charge in [-0.1, -0.05) is 30.3 Å². The fourth-order valence-corrected chi connectivity index (χ4v) is 4.06. The molecule has 1 aliphatic heterocycles. The lowest BCUT2D eigenvalue weighted by atomic mass is 10.2. The van der Waals surface area contributed by atoms with Crippen molar-refractivity contribution in [3.05, 3.63) is 54.6 Å². The van der Waals surface area contributed by atoms with E-state index in [9.17, 15) is 18.0 Å². The van der Waals surface area contributed by atoms with E-state index in [1.807, 2.05) is 0 Å². The van der Waals surface area contributed by atoms with Gasteiger partial charge in [0.15, 0.2) is 0 Å². The molecule has 0 bridgehead atoms. The maximum absolute atomic E-state index is 12.9. The van der Waals surface area contributed by atoms with Crippen LogP contribution in [-0.2, 0) is 19.6 Å². The summed E-state index contributed by atoms with van der Waals surface area (Å²) in [5.74, 6) is -0.648. The number of rotatable bonds is 3. The number of para-hydroxylation sites is 2. The molecule has 124 valence electrons. The first-order valence-corrected chi connectivity index (χ1v) is 8.48. The van der Waals surface area contributed by atoms with Gasteiger partial charge in [-0.15, -0.1) is 0 Å². The molecule has 2 aromatic rings. The van der Waals surface area contributed by atoms with Crippen molar-refractivity contribution >= 4 is 33.4 Å². The van der Waals surface area contributed by atoms with Gasteiger partial charge in [0.05, 0.1) is 18.5 Å². The number of esters is 1. The SMILES string of the molecule is COC(=O)CN1C(=O)N(c2ccccc2)S(=O)(=O)c2ccccc21. The summed E-state index contributed by atoms with van der Waals surface area (Å²) in [5, 5.41) is 0. The third kappa shape index (κ3) is 2.50. The monoisotopic (exact) mass is 346 g/mol. The zero-order valence-corrected chi connectivity index (χ0v) is 13.6. The first-order chi connectivity index (χ1) is 11.5. The van der Waals surface area contributed by atoms with E-state index in [2.05, 4.69) is 4.74 Å². The average molecular weight is 346 g/mol. The summed E-state index contributed by atoms with van der Waals surface area (Å²) in [6, 6.07) is 13.2. The fourth-order valence-electron chi connectivity index (χ4n) is 2.47. The lowest BCUT2D eigenvalue weighted by Crippen LogP contribution is -2.52. The topological polar surface area (TPSA) is 84.0 Å². The Labute approximate surface area is 139 Å². The molecule has 0 radical (unpaired) electrons. The molecule has 24 heavy (non-hydrogen) atoms. The second kappa shape index (κ2) is 5.97. The molecule has 3 rings (SSSR count). The second-order valence-electron chi connectivity index (χ2n) is 5.02. The molecule has 2 aromatic carbocycles. The zero-order valence-electron chi connectivity index (χ0n) is 12.7. The van der Waals surface area contributed by atoms with E-state index in [1.54, 1.807) is 30.3 Å². The highest BCUT2D eigenvalue weighted by Gasteiger charge is 2.43. The quantitative estimate of drug-likeness (QED) is 0.794. The van der Waals surface area contributed by atoms with E-state index in [0.717, 1.165) is 4.90 Å². The Hall–Kier alpha value is -2.87. The predicted octanol–water partition coefficient (Wildman–Crippen LogP) is 1.99. The fraction of sp³-hybridized carbons (Fsp3) is 0.125. The highest BCUT2D eigenvalue weighted by molar-refractivity contribution is 7.94. The van der Waals surface area contributed by atoms with E-state index in [0.29, 0.717) is 4.31 Å². The van der Waals surface area contributed by atoms with Gasteiger partial charge in [-0.25, -0.2) is 13.2 Å². The van der Waals surface area contributed by atoms with Crippen molar-refractivity contribution in [2.75, 3.05) is 22.9 Å². The Kier molecular flexibility index (Phi) is 3.98. The van der Waals surface area contributed by atoms with Crippen molar-refractivity contribution in [2.45, 2.75) is 4.90 Å². The van der Waals surface area contributed by atoms with Gasteiger partial charge in [0.25, 0.3) is 10.0 Å². The Balaban J connectivity index is 2.20. The molecule has 0 saturated heterocycles. The molecule has 0 unspecified atom stereocenters. The summed E-state index contributed by atoms with van der Waals surface area (Å²) < 4.78 is 31.1. The number of hydrogen-bond donors (Lipinski definition) is 0. The molecule has 0 atom stereocenters. The van der Waals surface area contributed by atoms with Crippen LogP contribution in [0, 0.1) is 0 Å². The number of fused-ring (bicyclic) bond motifs is 1. The number of sulfonamides is 1. The lowest BCUT2D eigenvalue weighted by Gasteiger charge is -2.35. The molecule has 7 nitrogen and oxygen atoms in total. The molecule has 0 aromatic heterocycles. The predicted molar refractivity (Wildman–Crippen MR) is 87.3 cm³/mol. The highest BCUT2D eigenvalue weighted by atomic mass is 32.2. The lowest BCUT2D eigenvalue weighted by molar-refractivity contribution is -0.138. The summed E-state index contributed by atoms with van der Waals surface area (Å²) in [6.07, 6.45) is 0. The van der Waals surface area contributed by atoms with E-state index < -0.39 is 22.0 Å². The minimum absolute atomic E-state index is 0.0441. The van der Waals surface area contributed by atoms with E-state index in [4.69, 9.17) is 0 Å². The Morgan fingerprint density at radius 1 is 1.04 bits per heavy atom. The molecule has 0 saturated carbocycles. The Morgan fingerprint density at radius 2 is 1.67 bits per heavy atom. The van der Waals surface area contributed by atoms with Gasteiger partial charge in [0, 0.05) is 0 Å². The van der Waals surface area contributed by atoms with Crippen LogP contribution in [0.4, 0.5) is 16.2 Å². The van der Waals surface area contributed by atoms with Gasteiger partial charge < -0.3 is 4.74 Å². The molecular formula is C16H14N2O5S. The Morgan fingerprint density at radius 3 is 2.33 bits per heavy atom. The molecule has 1 aliphatic rings. The number of urea groups is 1. The van der Waals surface area contributed by atoms with E-state index in [-0.39, 0.29) is 22.8 Å². The molecule has 1 heterocycles. The second-order valence-corrected chi connectivity index (χ2v) is 6.77. The van der Waals surface area contributed by atoms with Crippen LogP contribution < -0.4 is 9.21 Å². The molecule has 0 spiro atoms. The van der Waals surface area contributed by atoms with Gasteiger partial charge in [-0.3, -0.25) is 9.69 Å². The summed E-state index contributed by atoms with van der Waals surface area (Å²) in [7, 11) is -2.87. The van der Waals surface area contributed by atoms with Crippen molar-refractivity contribution in [3.8, 4) is 0 Å². The van der Waals surface area contributed by atoms with E-state index in [1.165, 1.54) is 31.4 Å². The number of hydrogen-bond acceptors (Lipinski definition) is 5. The van der Waals surface area contributed by atoms with Gasteiger partial charge >= 0.3 is 12.0 Å². The smallest absolute Gasteiger partial charge is 0.343 e. The number of amides is 2. The number of carbonyl (C=O) groups excluding carboxylic acids is 2. The zero-order chi connectivity index (χ0) is 17.3. The Bertz CT molecular complexity index is 896. The van der Waals surface area contributed by atoms with Gasteiger partial charge in [-0.05, 0) is 24.3 Å².